The minimum Gasteiger partial charge on any atom is -0.481 e. The van der Waals surface area contributed by atoms with E-state index in [2.05, 4.69) is 9.97 Å². The van der Waals surface area contributed by atoms with Crippen LogP contribution in [0.4, 0.5) is 5.95 Å². The van der Waals surface area contributed by atoms with Gasteiger partial charge in [0.15, 0.2) is 17.4 Å². The van der Waals surface area contributed by atoms with Crippen molar-refractivity contribution >= 4 is 23.1 Å². The average Bonchev–Trinajstić information content (AvgIpc) is 3.02. The number of rotatable bonds is 6. The molecule has 0 aliphatic carbocycles. The van der Waals surface area contributed by atoms with E-state index >= 15 is 0 Å². The van der Waals surface area contributed by atoms with Crippen LogP contribution in [0, 0.1) is 0 Å². The van der Waals surface area contributed by atoms with Gasteiger partial charge in [-0.1, -0.05) is 0 Å². The molecule has 7 N–H and O–H groups in total. The van der Waals surface area contributed by atoms with Gasteiger partial charge in [0.25, 0.3) is 5.56 Å². The molecule has 13 heteroatoms. The van der Waals surface area contributed by atoms with E-state index in [4.69, 9.17) is 15.6 Å². The van der Waals surface area contributed by atoms with Gasteiger partial charge in [-0.3, -0.25) is 19.1 Å². The second-order valence-corrected chi connectivity index (χ2v) is 6.15. The van der Waals surface area contributed by atoms with Crippen LogP contribution in [0.2, 0.25) is 0 Å². The van der Waals surface area contributed by atoms with E-state index in [1.807, 2.05) is 0 Å². The predicted octanol–water partition coefficient (Wildman–Crippen LogP) is -3.06. The van der Waals surface area contributed by atoms with Crippen LogP contribution in [-0.4, -0.2) is 70.4 Å². The number of aliphatic hydroxyl groups excluding tert-OH is 3. The van der Waals surface area contributed by atoms with Gasteiger partial charge in [-0.15, -0.1) is 0 Å². The number of fused-ring (bicyclic) bond motifs is 1. The third-order valence-electron chi connectivity index (χ3n) is 4.37. The molecule has 2 aromatic heterocycles. The van der Waals surface area contributed by atoms with Gasteiger partial charge in [0.1, 0.15) is 18.3 Å². The van der Waals surface area contributed by atoms with Crippen molar-refractivity contribution in [1.29, 1.82) is 0 Å². The number of aliphatic hydroxyl groups is 3. The molecule has 1 aliphatic heterocycles. The average molecular weight is 385 g/mol. The number of aliphatic carboxylic acids is 1. The molecular formula is C14H19N5O8. The monoisotopic (exact) mass is 385 g/mol. The minimum atomic E-state index is -1.57. The summed E-state index contributed by atoms with van der Waals surface area (Å²) in [6.45, 7) is -0.699. The molecule has 0 radical (unpaired) electrons. The highest BCUT2D eigenvalue weighted by Gasteiger charge is 2.45. The quantitative estimate of drug-likeness (QED) is 0.296. The van der Waals surface area contributed by atoms with Gasteiger partial charge in [-0.2, -0.15) is 4.98 Å². The van der Waals surface area contributed by atoms with E-state index in [0.717, 1.165) is 9.13 Å². The number of nitrogens with one attached hydrogen (secondary N) is 1. The van der Waals surface area contributed by atoms with Gasteiger partial charge in [0, 0.05) is 13.0 Å². The molecule has 0 unspecified atom stereocenters. The fraction of sp³-hybridized carbons (Fsp3) is 0.571. The zero-order chi connectivity index (χ0) is 19.9. The SMILES string of the molecule is Nc1nc2c(c(=O)[nH]1)n(CCCC(=O)O)c(=O)n2[C@@H]1O[C@H](CO)[C@H](O)[C@H]1O. The Morgan fingerprint density at radius 3 is 2.59 bits per heavy atom. The molecule has 148 valence electrons. The minimum absolute atomic E-state index is 0.0636. The molecule has 0 amide bonds. The number of anilines is 1. The molecule has 1 fully saturated rings. The highest BCUT2D eigenvalue weighted by Crippen LogP contribution is 2.30. The molecule has 3 rings (SSSR count). The molecule has 0 bridgehead atoms. The molecule has 2 aromatic rings. The second kappa shape index (κ2) is 7.11. The Morgan fingerprint density at radius 1 is 1.30 bits per heavy atom. The number of nitrogens with zero attached hydrogens (tertiary/aromatic N) is 3. The lowest BCUT2D eigenvalue weighted by molar-refractivity contribution is -0.137. The summed E-state index contributed by atoms with van der Waals surface area (Å²) in [5.41, 5.74) is 3.66. The van der Waals surface area contributed by atoms with Crippen molar-refractivity contribution in [2.75, 3.05) is 12.3 Å². The highest BCUT2D eigenvalue weighted by atomic mass is 16.6. The van der Waals surface area contributed by atoms with Gasteiger partial charge in [0.2, 0.25) is 5.95 Å². The van der Waals surface area contributed by atoms with Crippen LogP contribution in [0.1, 0.15) is 19.1 Å². The summed E-state index contributed by atoms with van der Waals surface area (Å²) in [6.07, 6.45) is -5.75. The Morgan fingerprint density at radius 2 is 2.00 bits per heavy atom. The van der Waals surface area contributed by atoms with E-state index in [1.165, 1.54) is 0 Å². The maximum absolute atomic E-state index is 12.9. The smallest absolute Gasteiger partial charge is 0.332 e. The molecule has 0 aromatic carbocycles. The predicted molar refractivity (Wildman–Crippen MR) is 88.9 cm³/mol. The Kier molecular flexibility index (Phi) is 5.01. The number of H-pyrrole nitrogens is 1. The normalized spacial score (nSPS) is 25.3. The van der Waals surface area contributed by atoms with Crippen LogP contribution in [0.25, 0.3) is 11.2 Å². The Hall–Kier alpha value is -2.74. The highest BCUT2D eigenvalue weighted by molar-refractivity contribution is 5.72. The lowest BCUT2D eigenvalue weighted by Crippen LogP contribution is -2.36. The standard InChI is InChI=1S/C14H19N5O8/c15-13-16-10-7(11(25)17-13)18(3-1-2-6(21)22)14(26)19(10)12-9(24)8(23)5(4-20)27-12/h5,8-9,12,20,23-24H,1-4H2,(H,21,22)(H3,15,16,17,25)/t5-,8+,9-,12-/m1/s1. The summed E-state index contributed by atoms with van der Waals surface area (Å²) in [5.74, 6) is -1.35. The fourth-order valence-electron chi connectivity index (χ4n) is 3.12. The van der Waals surface area contributed by atoms with Crippen molar-refractivity contribution in [3.63, 3.8) is 0 Å². The van der Waals surface area contributed by atoms with Crippen LogP contribution in [0.3, 0.4) is 0 Å². The maximum atomic E-state index is 12.9. The van der Waals surface area contributed by atoms with E-state index in [1.54, 1.807) is 0 Å². The van der Waals surface area contributed by atoms with Crippen LogP contribution >= 0.6 is 0 Å². The zero-order valence-corrected chi connectivity index (χ0v) is 14.0. The molecular weight excluding hydrogens is 366 g/mol. The topological polar surface area (TPSA) is 206 Å². The van der Waals surface area contributed by atoms with Crippen LogP contribution in [0.15, 0.2) is 9.59 Å². The molecule has 3 heterocycles. The van der Waals surface area contributed by atoms with E-state index in [0.29, 0.717) is 0 Å². The van der Waals surface area contributed by atoms with Gasteiger partial charge >= 0.3 is 11.7 Å². The number of hydrogen-bond acceptors (Lipinski definition) is 9. The number of aromatic amines is 1. The fourth-order valence-corrected chi connectivity index (χ4v) is 3.12. The first-order valence-corrected chi connectivity index (χ1v) is 8.11. The van der Waals surface area contributed by atoms with E-state index in [9.17, 15) is 29.7 Å². The zero-order valence-electron chi connectivity index (χ0n) is 14.0. The number of nitrogens with two attached hydrogens (primary N) is 1. The largest absolute Gasteiger partial charge is 0.481 e. The van der Waals surface area contributed by atoms with Crippen molar-refractivity contribution in [3.05, 3.63) is 20.8 Å². The summed E-state index contributed by atoms with van der Waals surface area (Å²) >= 11 is 0. The molecule has 0 saturated carbocycles. The number of nitrogen functional groups attached to an aromatic ring is 1. The van der Waals surface area contributed by atoms with Gasteiger partial charge in [-0.25, -0.2) is 9.36 Å². The first-order chi connectivity index (χ1) is 12.8. The van der Waals surface area contributed by atoms with Gasteiger partial charge in [0.05, 0.1) is 6.61 Å². The Bertz CT molecular complexity index is 978. The van der Waals surface area contributed by atoms with Crippen LogP contribution < -0.4 is 17.0 Å². The molecule has 0 spiro atoms. The number of aryl methyl sites for hydroxylation is 1. The number of carbonyl (C=O) groups is 1. The molecule has 1 aliphatic rings. The third-order valence-corrected chi connectivity index (χ3v) is 4.37. The molecule has 27 heavy (non-hydrogen) atoms. The van der Waals surface area contributed by atoms with Gasteiger partial charge in [-0.05, 0) is 6.42 Å². The lowest BCUT2D eigenvalue weighted by atomic mass is 10.1. The Balaban J connectivity index is 2.15. The van der Waals surface area contributed by atoms with Crippen molar-refractivity contribution in [2.24, 2.45) is 0 Å². The number of carboxylic acid groups (broad SMARTS) is 1. The van der Waals surface area contributed by atoms with E-state index in [-0.39, 0.29) is 36.5 Å². The molecule has 4 atom stereocenters. The summed E-state index contributed by atoms with van der Waals surface area (Å²) in [4.78, 5) is 42.1. The van der Waals surface area contributed by atoms with Gasteiger partial charge < -0.3 is 30.9 Å². The maximum Gasteiger partial charge on any atom is 0.332 e. The lowest BCUT2D eigenvalue weighted by Gasteiger charge is -2.15. The number of carboxylic acids is 1. The second-order valence-electron chi connectivity index (χ2n) is 6.15. The van der Waals surface area contributed by atoms with Crippen molar-refractivity contribution in [2.45, 2.75) is 43.9 Å². The number of ether oxygens (including phenoxy) is 1. The summed E-state index contributed by atoms with van der Waals surface area (Å²) in [5, 5.41) is 38.1. The van der Waals surface area contributed by atoms with Crippen molar-refractivity contribution < 1.29 is 30.0 Å². The molecule has 1 saturated heterocycles. The van der Waals surface area contributed by atoms with Crippen molar-refractivity contribution in [1.82, 2.24) is 19.1 Å². The first-order valence-electron chi connectivity index (χ1n) is 8.11. The Labute approximate surface area is 150 Å². The summed E-state index contributed by atoms with van der Waals surface area (Å²) in [6, 6.07) is 0. The molecule has 13 nitrogen and oxygen atoms in total. The number of imidazole rings is 1. The van der Waals surface area contributed by atoms with Crippen molar-refractivity contribution in [3.8, 4) is 0 Å². The van der Waals surface area contributed by atoms with E-state index < -0.39 is 48.4 Å². The number of hydrogen-bond donors (Lipinski definition) is 6. The summed E-state index contributed by atoms with van der Waals surface area (Å²) < 4.78 is 7.24. The third kappa shape index (κ3) is 3.21. The first kappa shape index (κ1) is 19.0. The van der Waals surface area contributed by atoms with Crippen LogP contribution in [-0.2, 0) is 16.1 Å². The number of aromatic nitrogens is 4. The summed E-state index contributed by atoms with van der Waals surface area (Å²) in [7, 11) is 0. The van der Waals surface area contributed by atoms with Crippen LogP contribution in [0.5, 0.6) is 0 Å².